The summed E-state index contributed by atoms with van der Waals surface area (Å²) in [5.41, 5.74) is 0.378. The highest BCUT2D eigenvalue weighted by Gasteiger charge is 2.35. The molecule has 0 radical (unpaired) electrons. The van der Waals surface area contributed by atoms with Gasteiger partial charge in [-0.3, -0.25) is 19.3 Å². The van der Waals surface area contributed by atoms with Crippen molar-refractivity contribution in [1.82, 2.24) is 9.80 Å². The van der Waals surface area contributed by atoms with E-state index in [-0.39, 0.29) is 36.8 Å². The van der Waals surface area contributed by atoms with Gasteiger partial charge in [-0.25, -0.2) is 0 Å². The number of benzene rings is 1. The molecule has 25 heavy (non-hydrogen) atoms. The average Bonchev–Trinajstić information content (AvgIpc) is 2.79. The van der Waals surface area contributed by atoms with Gasteiger partial charge in [0.25, 0.3) is 16.9 Å². The van der Waals surface area contributed by atoms with Crippen LogP contribution in [0.15, 0.2) is 18.2 Å². The molecule has 1 aliphatic rings. The van der Waals surface area contributed by atoms with Crippen LogP contribution in [0.5, 0.6) is 5.75 Å². The molecule has 134 valence electrons. The summed E-state index contributed by atoms with van der Waals surface area (Å²) in [6, 6.07) is 4.46. The highest BCUT2D eigenvalue weighted by Crippen LogP contribution is 2.26. The molecule has 10 heteroatoms. The quantitative estimate of drug-likeness (QED) is 0.376. The molecule has 1 aromatic rings. The second-order valence-corrected chi connectivity index (χ2v) is 5.32. The van der Waals surface area contributed by atoms with Crippen LogP contribution in [0.25, 0.3) is 0 Å². The fourth-order valence-corrected chi connectivity index (χ4v) is 2.23. The smallest absolute Gasteiger partial charge is 0.294 e. The SMILES string of the molecule is CC(=O)N(C)CCOc1ccc2c(c1)C(=O)N(CCO[N+](=O)[O-])C2=O. The fraction of sp³-hybridized carbons (Fsp3) is 0.400. The molecule has 0 atom stereocenters. The van der Waals surface area contributed by atoms with E-state index in [1.54, 1.807) is 13.1 Å². The number of ether oxygens (including phenoxy) is 1. The molecule has 1 aliphatic heterocycles. The van der Waals surface area contributed by atoms with Crippen molar-refractivity contribution < 1.29 is 29.0 Å². The third kappa shape index (κ3) is 4.22. The maximum atomic E-state index is 12.3. The molecule has 1 aromatic carbocycles. The summed E-state index contributed by atoms with van der Waals surface area (Å²) in [6.45, 7) is 1.45. The van der Waals surface area contributed by atoms with Gasteiger partial charge in [0, 0.05) is 14.0 Å². The Balaban J connectivity index is 2.00. The lowest BCUT2D eigenvalue weighted by atomic mass is 10.1. The maximum absolute atomic E-state index is 12.3. The minimum absolute atomic E-state index is 0.0917. The summed E-state index contributed by atoms with van der Waals surface area (Å²) in [5, 5.41) is 9.16. The normalized spacial score (nSPS) is 12.8. The second-order valence-electron chi connectivity index (χ2n) is 5.32. The molecule has 0 unspecified atom stereocenters. The summed E-state index contributed by atoms with van der Waals surface area (Å²) in [5.74, 6) is -0.792. The minimum atomic E-state index is -0.984. The van der Waals surface area contributed by atoms with Gasteiger partial charge in [-0.1, -0.05) is 0 Å². The molecule has 0 aromatic heterocycles. The number of likely N-dealkylation sites (N-methyl/N-ethyl adjacent to an activating group) is 1. The highest BCUT2D eigenvalue weighted by atomic mass is 16.9. The van der Waals surface area contributed by atoms with Crippen molar-refractivity contribution in [3.8, 4) is 5.75 Å². The number of hydrogen-bond donors (Lipinski definition) is 0. The standard InChI is InChI=1S/C15H17N3O7/c1-10(19)16(2)5-7-24-11-3-4-12-13(9-11)15(21)17(14(12)20)6-8-25-18(22)23/h3-4,9H,5-8H2,1-2H3. The fourth-order valence-electron chi connectivity index (χ4n) is 2.23. The maximum Gasteiger partial charge on any atom is 0.294 e. The predicted octanol–water partition coefficient (Wildman–Crippen LogP) is 0.348. The summed E-state index contributed by atoms with van der Waals surface area (Å²) >= 11 is 0. The van der Waals surface area contributed by atoms with Gasteiger partial charge in [-0.15, -0.1) is 10.1 Å². The Labute approximate surface area is 143 Å². The molecule has 0 fully saturated rings. The number of amides is 3. The number of carbonyl (C=O) groups is 3. The molecule has 10 nitrogen and oxygen atoms in total. The first-order chi connectivity index (χ1) is 11.8. The van der Waals surface area contributed by atoms with Crippen LogP contribution in [-0.2, 0) is 9.63 Å². The van der Waals surface area contributed by atoms with Gasteiger partial charge >= 0.3 is 0 Å². The molecule has 0 saturated heterocycles. The third-order valence-corrected chi connectivity index (χ3v) is 3.69. The van der Waals surface area contributed by atoms with Crippen molar-refractivity contribution >= 4 is 17.7 Å². The van der Waals surface area contributed by atoms with Gasteiger partial charge in [0.15, 0.2) is 0 Å². The molecular weight excluding hydrogens is 334 g/mol. The van der Waals surface area contributed by atoms with E-state index in [0.29, 0.717) is 12.3 Å². The molecular formula is C15H17N3O7. The van der Waals surface area contributed by atoms with E-state index in [2.05, 4.69) is 4.84 Å². The highest BCUT2D eigenvalue weighted by molar-refractivity contribution is 6.21. The number of fused-ring (bicyclic) bond motifs is 1. The molecule has 0 spiro atoms. The Kier molecular flexibility index (Phi) is 5.52. The second kappa shape index (κ2) is 7.60. The van der Waals surface area contributed by atoms with Crippen molar-refractivity contribution in [1.29, 1.82) is 0 Å². The van der Waals surface area contributed by atoms with Gasteiger partial charge in [-0.2, -0.15) is 0 Å². The molecule has 0 N–H and O–H groups in total. The van der Waals surface area contributed by atoms with Crippen LogP contribution in [0, 0.1) is 10.1 Å². The van der Waals surface area contributed by atoms with Crippen molar-refractivity contribution in [2.75, 3.05) is 33.4 Å². The average molecular weight is 351 g/mol. The number of imide groups is 1. The molecule has 1 heterocycles. The van der Waals surface area contributed by atoms with E-state index in [1.165, 1.54) is 24.0 Å². The molecule has 0 saturated carbocycles. The van der Waals surface area contributed by atoms with Crippen LogP contribution >= 0.6 is 0 Å². The number of carbonyl (C=O) groups excluding carboxylic acids is 3. The molecule has 0 aliphatic carbocycles. The molecule has 0 bridgehead atoms. The lowest BCUT2D eigenvalue weighted by Gasteiger charge is -2.15. The van der Waals surface area contributed by atoms with Gasteiger partial charge in [0.1, 0.15) is 19.0 Å². The summed E-state index contributed by atoms with van der Waals surface area (Å²) in [7, 11) is 1.64. The van der Waals surface area contributed by atoms with Gasteiger partial charge in [-0.05, 0) is 18.2 Å². The topological polar surface area (TPSA) is 119 Å². The Morgan fingerprint density at radius 2 is 1.92 bits per heavy atom. The monoisotopic (exact) mass is 351 g/mol. The molecule has 3 amide bonds. The van der Waals surface area contributed by atoms with Gasteiger partial charge < -0.3 is 14.5 Å². The van der Waals surface area contributed by atoms with Crippen LogP contribution in [0.3, 0.4) is 0 Å². The number of rotatable bonds is 8. The van der Waals surface area contributed by atoms with E-state index in [9.17, 15) is 24.5 Å². The lowest BCUT2D eigenvalue weighted by Crippen LogP contribution is -2.33. The van der Waals surface area contributed by atoms with Crippen molar-refractivity contribution in [2.45, 2.75) is 6.92 Å². The summed E-state index contributed by atoms with van der Waals surface area (Å²) < 4.78 is 5.49. The van der Waals surface area contributed by atoms with Crippen molar-refractivity contribution in [2.24, 2.45) is 0 Å². The first-order valence-corrected chi connectivity index (χ1v) is 7.43. The van der Waals surface area contributed by atoms with Gasteiger partial charge in [0.2, 0.25) is 5.91 Å². The lowest BCUT2D eigenvalue weighted by molar-refractivity contribution is -0.757. The van der Waals surface area contributed by atoms with E-state index in [4.69, 9.17) is 4.74 Å². The Bertz CT molecular complexity index is 719. The zero-order chi connectivity index (χ0) is 18.6. The number of nitrogens with zero attached hydrogens (tertiary/aromatic N) is 3. The minimum Gasteiger partial charge on any atom is -0.492 e. The Morgan fingerprint density at radius 3 is 2.56 bits per heavy atom. The van der Waals surface area contributed by atoms with Crippen LogP contribution < -0.4 is 4.74 Å². The Morgan fingerprint density at radius 1 is 1.24 bits per heavy atom. The predicted molar refractivity (Wildman–Crippen MR) is 83.6 cm³/mol. The van der Waals surface area contributed by atoms with E-state index < -0.39 is 16.9 Å². The Hall–Kier alpha value is -3.17. The van der Waals surface area contributed by atoms with E-state index >= 15 is 0 Å². The van der Waals surface area contributed by atoms with Crippen molar-refractivity contribution in [3.63, 3.8) is 0 Å². The van der Waals surface area contributed by atoms with Crippen molar-refractivity contribution in [3.05, 3.63) is 39.4 Å². The molecule has 2 rings (SSSR count). The number of hydrogen-bond acceptors (Lipinski definition) is 7. The third-order valence-electron chi connectivity index (χ3n) is 3.69. The van der Waals surface area contributed by atoms with Crippen LogP contribution in [0.1, 0.15) is 27.6 Å². The van der Waals surface area contributed by atoms with Crippen LogP contribution in [0.4, 0.5) is 0 Å². The van der Waals surface area contributed by atoms with E-state index in [1.807, 2.05) is 0 Å². The van der Waals surface area contributed by atoms with Crippen LogP contribution in [0.2, 0.25) is 0 Å². The van der Waals surface area contributed by atoms with E-state index in [0.717, 1.165) is 4.90 Å². The summed E-state index contributed by atoms with van der Waals surface area (Å²) in [6.07, 6.45) is 0. The largest absolute Gasteiger partial charge is 0.492 e. The van der Waals surface area contributed by atoms with Gasteiger partial charge in [0.05, 0.1) is 24.2 Å². The zero-order valence-electron chi connectivity index (χ0n) is 13.8. The van der Waals surface area contributed by atoms with Crippen LogP contribution in [-0.4, -0.2) is 66.0 Å². The summed E-state index contributed by atoms with van der Waals surface area (Å²) in [4.78, 5) is 52.2. The zero-order valence-corrected chi connectivity index (χ0v) is 13.8. The first kappa shape index (κ1) is 18.2. The first-order valence-electron chi connectivity index (χ1n) is 7.43.